The molecular weight excluding hydrogens is 274 g/mol. The number of nitrogens with one attached hydrogen (secondary N) is 1. The van der Waals surface area contributed by atoms with Crippen LogP contribution in [0.1, 0.15) is 23.5 Å². The first-order chi connectivity index (χ1) is 10.7. The summed E-state index contributed by atoms with van der Waals surface area (Å²) in [6.07, 6.45) is 6.08. The predicted molar refractivity (Wildman–Crippen MR) is 88.8 cm³/mol. The van der Waals surface area contributed by atoms with Crippen LogP contribution in [0.4, 0.5) is 0 Å². The Morgan fingerprint density at radius 2 is 1.82 bits per heavy atom. The highest BCUT2D eigenvalue weighted by Gasteiger charge is 2.18. The van der Waals surface area contributed by atoms with Crippen molar-refractivity contribution in [3.05, 3.63) is 78.0 Å². The van der Waals surface area contributed by atoms with E-state index in [-0.39, 0.29) is 12.3 Å². The zero-order valence-electron chi connectivity index (χ0n) is 12.1. The van der Waals surface area contributed by atoms with Crippen molar-refractivity contribution >= 4 is 22.9 Å². The highest BCUT2D eigenvalue weighted by Crippen LogP contribution is 2.31. The van der Waals surface area contributed by atoms with Crippen LogP contribution in [0.5, 0.6) is 0 Å². The van der Waals surface area contributed by atoms with Crippen molar-refractivity contribution in [3.8, 4) is 0 Å². The Morgan fingerprint density at radius 3 is 2.64 bits per heavy atom. The second-order valence-corrected chi connectivity index (χ2v) is 5.26. The maximum absolute atomic E-state index is 10.5. The van der Waals surface area contributed by atoms with Gasteiger partial charge in [0.05, 0.1) is 6.42 Å². The van der Waals surface area contributed by atoms with Gasteiger partial charge in [-0.3, -0.25) is 4.79 Å². The highest BCUT2D eigenvalue weighted by atomic mass is 16.4. The third-order valence-electron chi connectivity index (χ3n) is 3.76. The molecule has 3 heteroatoms. The number of aliphatic carboxylic acids is 1. The van der Waals surface area contributed by atoms with E-state index in [1.165, 1.54) is 10.9 Å². The van der Waals surface area contributed by atoms with E-state index in [2.05, 4.69) is 23.2 Å². The van der Waals surface area contributed by atoms with Crippen molar-refractivity contribution in [2.45, 2.75) is 12.3 Å². The minimum Gasteiger partial charge on any atom is -0.481 e. The quantitative estimate of drug-likeness (QED) is 0.733. The maximum atomic E-state index is 10.5. The summed E-state index contributed by atoms with van der Waals surface area (Å²) in [6.45, 7) is 0. The van der Waals surface area contributed by atoms with Crippen molar-refractivity contribution in [1.82, 2.24) is 4.98 Å². The molecular formula is C19H17NO2. The number of rotatable bonds is 2. The number of aromatic nitrogens is 1. The summed E-state index contributed by atoms with van der Waals surface area (Å²) >= 11 is 0. The molecule has 1 unspecified atom stereocenters. The van der Waals surface area contributed by atoms with Gasteiger partial charge >= 0.3 is 5.97 Å². The summed E-state index contributed by atoms with van der Waals surface area (Å²) in [5.74, 6) is -0.681. The lowest BCUT2D eigenvalue weighted by Crippen LogP contribution is -2.02. The molecule has 2 aromatic carbocycles. The fourth-order valence-corrected chi connectivity index (χ4v) is 2.68. The van der Waals surface area contributed by atoms with Gasteiger partial charge in [-0.1, -0.05) is 54.6 Å². The Balaban J connectivity index is 0.000000139. The molecule has 3 aromatic rings. The number of hydrogen-bond donors (Lipinski definition) is 2. The first-order valence-electron chi connectivity index (χ1n) is 7.25. The van der Waals surface area contributed by atoms with E-state index >= 15 is 0 Å². The standard InChI is InChI=1S/C11H10O2.C8H7N/c12-11(13)7-9-6-5-8-3-1-2-4-10(8)9;1-2-4-8-7(3-1)5-6-9-8/h1-6,9H,7H2,(H,12,13);1-6,9H. The van der Waals surface area contributed by atoms with Gasteiger partial charge in [0, 0.05) is 17.6 Å². The van der Waals surface area contributed by atoms with Crippen molar-refractivity contribution < 1.29 is 9.90 Å². The summed E-state index contributed by atoms with van der Waals surface area (Å²) in [7, 11) is 0. The zero-order chi connectivity index (χ0) is 15.4. The number of benzene rings is 2. The van der Waals surface area contributed by atoms with E-state index in [9.17, 15) is 4.79 Å². The van der Waals surface area contributed by atoms with Gasteiger partial charge in [-0.25, -0.2) is 0 Å². The van der Waals surface area contributed by atoms with Gasteiger partial charge in [-0.15, -0.1) is 0 Å². The molecule has 0 bridgehead atoms. The largest absolute Gasteiger partial charge is 0.481 e. The summed E-state index contributed by atoms with van der Waals surface area (Å²) in [5.41, 5.74) is 3.48. The molecule has 4 rings (SSSR count). The van der Waals surface area contributed by atoms with Crippen molar-refractivity contribution in [2.24, 2.45) is 0 Å². The number of carboxylic acids is 1. The maximum Gasteiger partial charge on any atom is 0.304 e. The molecule has 1 aromatic heterocycles. The number of carbonyl (C=O) groups is 1. The van der Waals surface area contributed by atoms with Gasteiger partial charge in [0.15, 0.2) is 0 Å². The van der Waals surface area contributed by atoms with E-state index in [0.29, 0.717) is 0 Å². The van der Waals surface area contributed by atoms with Crippen molar-refractivity contribution in [3.63, 3.8) is 0 Å². The van der Waals surface area contributed by atoms with Gasteiger partial charge < -0.3 is 10.1 Å². The molecule has 1 atom stereocenters. The Morgan fingerprint density at radius 1 is 1.05 bits per heavy atom. The highest BCUT2D eigenvalue weighted by molar-refractivity contribution is 5.78. The second kappa shape index (κ2) is 6.31. The van der Waals surface area contributed by atoms with E-state index in [4.69, 9.17) is 5.11 Å². The second-order valence-electron chi connectivity index (χ2n) is 5.26. The van der Waals surface area contributed by atoms with E-state index in [1.54, 1.807) is 0 Å². The fraction of sp³-hybridized carbons (Fsp3) is 0.105. The normalized spacial score (nSPS) is 15.2. The molecule has 1 aliphatic carbocycles. The molecule has 1 heterocycles. The van der Waals surface area contributed by atoms with E-state index in [1.807, 2.05) is 54.7 Å². The molecule has 110 valence electrons. The summed E-state index contributed by atoms with van der Waals surface area (Å²) in [6, 6.07) is 18.2. The average molecular weight is 291 g/mol. The fourth-order valence-electron chi connectivity index (χ4n) is 2.68. The van der Waals surface area contributed by atoms with Gasteiger partial charge in [0.25, 0.3) is 0 Å². The SMILES string of the molecule is O=C(O)CC1C=Cc2ccccc21.c1ccc2[nH]ccc2c1. The average Bonchev–Trinajstić information content (AvgIpc) is 3.15. The number of aromatic amines is 1. The molecule has 3 nitrogen and oxygen atoms in total. The molecule has 0 amide bonds. The number of carboxylic acid groups (broad SMARTS) is 1. The molecule has 0 fully saturated rings. The molecule has 22 heavy (non-hydrogen) atoms. The van der Waals surface area contributed by atoms with Crippen LogP contribution in [0, 0.1) is 0 Å². The summed E-state index contributed by atoms with van der Waals surface area (Å²) < 4.78 is 0. The van der Waals surface area contributed by atoms with Crippen LogP contribution in [0.15, 0.2) is 66.9 Å². The minimum absolute atomic E-state index is 0.0636. The number of allylic oxidation sites excluding steroid dienone is 1. The number of fused-ring (bicyclic) bond motifs is 2. The molecule has 0 spiro atoms. The Kier molecular flexibility index (Phi) is 4.05. The molecule has 0 radical (unpaired) electrons. The Bertz CT molecular complexity index is 787. The molecule has 0 saturated carbocycles. The van der Waals surface area contributed by atoms with E-state index < -0.39 is 5.97 Å². The summed E-state index contributed by atoms with van der Waals surface area (Å²) in [4.78, 5) is 13.7. The Labute approximate surface area is 128 Å². The van der Waals surface area contributed by atoms with Crippen LogP contribution in [-0.4, -0.2) is 16.1 Å². The molecule has 0 saturated heterocycles. The molecule has 1 aliphatic rings. The van der Waals surface area contributed by atoms with Crippen molar-refractivity contribution in [1.29, 1.82) is 0 Å². The van der Waals surface area contributed by atoms with Crippen molar-refractivity contribution in [2.75, 3.05) is 0 Å². The minimum atomic E-state index is -0.744. The number of H-pyrrole nitrogens is 1. The summed E-state index contributed by atoms with van der Waals surface area (Å²) in [5, 5.41) is 9.94. The third kappa shape index (κ3) is 3.09. The van der Waals surface area contributed by atoms with Crippen LogP contribution in [0.2, 0.25) is 0 Å². The van der Waals surface area contributed by atoms with E-state index in [0.717, 1.165) is 11.1 Å². The smallest absolute Gasteiger partial charge is 0.304 e. The predicted octanol–water partition coefficient (Wildman–Crippen LogP) is 4.44. The van der Waals surface area contributed by atoms with Crippen LogP contribution in [-0.2, 0) is 4.79 Å². The third-order valence-corrected chi connectivity index (χ3v) is 3.76. The van der Waals surface area contributed by atoms with Crippen LogP contribution in [0.25, 0.3) is 17.0 Å². The topological polar surface area (TPSA) is 53.1 Å². The van der Waals surface area contributed by atoms with Crippen LogP contribution < -0.4 is 0 Å². The Hall–Kier alpha value is -2.81. The van der Waals surface area contributed by atoms with Gasteiger partial charge in [0.2, 0.25) is 0 Å². The number of hydrogen-bond acceptors (Lipinski definition) is 1. The van der Waals surface area contributed by atoms with Gasteiger partial charge in [-0.2, -0.15) is 0 Å². The lowest BCUT2D eigenvalue weighted by Gasteiger charge is -2.06. The lowest BCUT2D eigenvalue weighted by atomic mass is 9.98. The number of para-hydroxylation sites is 1. The van der Waals surface area contributed by atoms with Crippen LogP contribution in [0.3, 0.4) is 0 Å². The molecule has 2 N–H and O–H groups in total. The monoisotopic (exact) mass is 291 g/mol. The molecule has 0 aliphatic heterocycles. The van der Waals surface area contributed by atoms with Gasteiger partial charge in [-0.05, 0) is 28.6 Å². The van der Waals surface area contributed by atoms with Crippen LogP contribution >= 0.6 is 0 Å². The first-order valence-corrected chi connectivity index (χ1v) is 7.25. The first kappa shape index (κ1) is 14.1. The van der Waals surface area contributed by atoms with Gasteiger partial charge in [0.1, 0.15) is 0 Å². The lowest BCUT2D eigenvalue weighted by molar-refractivity contribution is -0.137. The zero-order valence-corrected chi connectivity index (χ0v) is 12.1.